The summed E-state index contributed by atoms with van der Waals surface area (Å²) >= 11 is 0. The third-order valence-electron chi connectivity index (χ3n) is 4.59. The largest absolute Gasteiger partial charge is 0.497 e. The highest BCUT2D eigenvalue weighted by Gasteiger charge is 2.11. The molecule has 0 fully saturated rings. The van der Waals surface area contributed by atoms with Crippen molar-refractivity contribution in [2.45, 2.75) is 13.8 Å². The van der Waals surface area contributed by atoms with Crippen molar-refractivity contribution in [3.05, 3.63) is 65.9 Å². The lowest BCUT2D eigenvalue weighted by Crippen LogP contribution is -2.21. The molecule has 0 radical (unpaired) electrons. The van der Waals surface area contributed by atoms with E-state index in [9.17, 15) is 4.79 Å². The Morgan fingerprint density at radius 3 is 2.62 bits per heavy atom. The molecule has 7 nitrogen and oxygen atoms in total. The van der Waals surface area contributed by atoms with Gasteiger partial charge in [-0.3, -0.25) is 9.89 Å². The first-order chi connectivity index (χ1) is 14.1. The van der Waals surface area contributed by atoms with Gasteiger partial charge in [0.1, 0.15) is 11.4 Å². The first kappa shape index (κ1) is 20.1. The summed E-state index contributed by atoms with van der Waals surface area (Å²) in [4.78, 5) is 14.6. The number of methoxy groups -OCH3 is 1. The van der Waals surface area contributed by atoms with Crippen LogP contribution in [-0.4, -0.2) is 42.5 Å². The number of anilines is 1. The molecule has 0 unspecified atom stereocenters. The molecule has 29 heavy (non-hydrogen) atoms. The summed E-state index contributed by atoms with van der Waals surface area (Å²) in [5.74, 6) is 0.371. The smallest absolute Gasteiger partial charge is 0.289 e. The average molecular weight is 391 g/mol. The van der Waals surface area contributed by atoms with Gasteiger partial charge in [-0.25, -0.2) is 5.43 Å². The van der Waals surface area contributed by atoms with Gasteiger partial charge in [0, 0.05) is 24.3 Å². The van der Waals surface area contributed by atoms with Crippen LogP contribution in [0.4, 0.5) is 5.69 Å². The van der Waals surface area contributed by atoms with Crippen molar-refractivity contribution < 1.29 is 9.53 Å². The molecule has 3 rings (SSSR count). The molecular formula is C22H25N5O2. The summed E-state index contributed by atoms with van der Waals surface area (Å²) < 4.78 is 5.22. The van der Waals surface area contributed by atoms with Crippen molar-refractivity contribution in [2.24, 2.45) is 5.10 Å². The molecule has 1 aromatic heterocycles. The van der Waals surface area contributed by atoms with E-state index in [0.29, 0.717) is 11.4 Å². The highest BCUT2D eigenvalue weighted by Crippen LogP contribution is 2.22. The van der Waals surface area contributed by atoms with Crippen molar-refractivity contribution in [3.63, 3.8) is 0 Å². The van der Waals surface area contributed by atoms with Crippen LogP contribution >= 0.6 is 0 Å². The second-order valence-corrected chi connectivity index (χ2v) is 6.36. The molecule has 0 saturated heterocycles. The number of aromatic nitrogens is 2. The Morgan fingerprint density at radius 2 is 1.93 bits per heavy atom. The number of carbonyl (C=O) groups excluding carboxylic acids is 1. The molecule has 0 aliphatic rings. The lowest BCUT2D eigenvalue weighted by atomic mass is 10.1. The van der Waals surface area contributed by atoms with Crippen LogP contribution in [-0.2, 0) is 0 Å². The third kappa shape index (κ3) is 5.01. The molecule has 0 bridgehead atoms. The van der Waals surface area contributed by atoms with E-state index in [0.717, 1.165) is 30.0 Å². The number of amides is 1. The van der Waals surface area contributed by atoms with Crippen molar-refractivity contribution in [1.82, 2.24) is 15.6 Å². The zero-order valence-electron chi connectivity index (χ0n) is 16.8. The Labute approximate surface area is 170 Å². The van der Waals surface area contributed by atoms with Crippen LogP contribution in [0.3, 0.4) is 0 Å². The Balaban J connectivity index is 1.61. The Hall–Kier alpha value is -3.61. The standard InChI is InChI=1S/C22H25N5O2/c1-4-27(5-2)18-11-9-16(10-12-18)15-23-26-22(28)21-14-20(24-25-21)17-7-6-8-19(13-17)29-3/h6-15H,4-5H2,1-3H3,(H,24,25)(H,26,28). The minimum Gasteiger partial charge on any atom is -0.497 e. The molecule has 1 amide bonds. The van der Waals surface area contributed by atoms with E-state index in [1.54, 1.807) is 19.4 Å². The van der Waals surface area contributed by atoms with Crippen molar-refractivity contribution in [1.29, 1.82) is 0 Å². The van der Waals surface area contributed by atoms with Gasteiger partial charge in [0.15, 0.2) is 0 Å². The van der Waals surface area contributed by atoms with E-state index in [4.69, 9.17) is 4.74 Å². The number of benzene rings is 2. The van der Waals surface area contributed by atoms with Gasteiger partial charge in [-0.2, -0.15) is 10.2 Å². The van der Waals surface area contributed by atoms with Crippen molar-refractivity contribution >= 4 is 17.8 Å². The van der Waals surface area contributed by atoms with E-state index in [-0.39, 0.29) is 5.91 Å². The molecule has 150 valence electrons. The van der Waals surface area contributed by atoms with Gasteiger partial charge in [0.2, 0.25) is 0 Å². The van der Waals surface area contributed by atoms with Crippen LogP contribution in [0, 0.1) is 0 Å². The normalized spacial score (nSPS) is 10.9. The molecule has 2 aromatic carbocycles. The molecule has 0 saturated carbocycles. The Morgan fingerprint density at radius 1 is 1.17 bits per heavy atom. The topological polar surface area (TPSA) is 82.6 Å². The zero-order valence-corrected chi connectivity index (χ0v) is 16.8. The first-order valence-corrected chi connectivity index (χ1v) is 9.52. The summed E-state index contributed by atoms with van der Waals surface area (Å²) in [6.45, 7) is 6.18. The second kappa shape index (κ2) is 9.54. The van der Waals surface area contributed by atoms with Crippen molar-refractivity contribution in [2.75, 3.05) is 25.1 Å². The maximum Gasteiger partial charge on any atom is 0.289 e. The van der Waals surface area contributed by atoms with Crippen LogP contribution < -0.4 is 15.1 Å². The average Bonchev–Trinajstić information content (AvgIpc) is 3.26. The van der Waals surface area contributed by atoms with E-state index in [2.05, 4.69) is 39.5 Å². The van der Waals surface area contributed by atoms with Gasteiger partial charge < -0.3 is 9.64 Å². The first-order valence-electron chi connectivity index (χ1n) is 9.52. The number of nitrogens with one attached hydrogen (secondary N) is 2. The number of carbonyl (C=O) groups is 1. The number of nitrogens with zero attached hydrogens (tertiary/aromatic N) is 3. The Kier molecular flexibility index (Phi) is 6.63. The molecule has 2 N–H and O–H groups in total. The Bertz CT molecular complexity index is 975. The molecule has 0 spiro atoms. The maximum atomic E-state index is 12.3. The van der Waals surface area contributed by atoms with E-state index in [1.165, 1.54) is 5.69 Å². The quantitative estimate of drug-likeness (QED) is 0.453. The molecule has 7 heteroatoms. The van der Waals surface area contributed by atoms with Gasteiger partial charge in [0.25, 0.3) is 5.91 Å². The fourth-order valence-corrected chi connectivity index (χ4v) is 2.95. The van der Waals surface area contributed by atoms with Gasteiger partial charge in [-0.15, -0.1) is 0 Å². The number of hydrazone groups is 1. The van der Waals surface area contributed by atoms with Gasteiger partial charge >= 0.3 is 0 Å². The number of rotatable bonds is 8. The minimum atomic E-state index is -0.359. The monoisotopic (exact) mass is 391 g/mol. The second-order valence-electron chi connectivity index (χ2n) is 6.36. The summed E-state index contributed by atoms with van der Waals surface area (Å²) in [5, 5.41) is 11.0. The minimum absolute atomic E-state index is 0.330. The number of hydrogen-bond donors (Lipinski definition) is 2. The van der Waals surface area contributed by atoms with Gasteiger partial charge in [0.05, 0.1) is 19.0 Å². The van der Waals surface area contributed by atoms with E-state index in [1.807, 2.05) is 48.5 Å². The van der Waals surface area contributed by atoms with Crippen LogP contribution in [0.1, 0.15) is 29.9 Å². The van der Waals surface area contributed by atoms with Gasteiger partial charge in [-0.05, 0) is 49.7 Å². The number of H-pyrrole nitrogens is 1. The predicted octanol–water partition coefficient (Wildman–Crippen LogP) is 3.70. The number of ether oxygens (including phenoxy) is 1. The van der Waals surface area contributed by atoms with E-state index >= 15 is 0 Å². The highest BCUT2D eigenvalue weighted by molar-refractivity contribution is 5.94. The summed E-state index contributed by atoms with van der Waals surface area (Å²) in [5.41, 5.74) is 6.44. The number of hydrogen-bond acceptors (Lipinski definition) is 5. The summed E-state index contributed by atoms with van der Waals surface area (Å²) in [6.07, 6.45) is 1.61. The molecule has 0 aliphatic carbocycles. The third-order valence-corrected chi connectivity index (χ3v) is 4.59. The SMILES string of the molecule is CCN(CC)c1ccc(C=NNC(=O)c2cc(-c3cccc(OC)c3)n[nH]2)cc1. The van der Waals surface area contributed by atoms with Crippen LogP contribution in [0.25, 0.3) is 11.3 Å². The summed E-state index contributed by atoms with van der Waals surface area (Å²) in [7, 11) is 1.61. The fourth-order valence-electron chi connectivity index (χ4n) is 2.95. The van der Waals surface area contributed by atoms with Crippen molar-refractivity contribution in [3.8, 4) is 17.0 Å². The van der Waals surface area contributed by atoms with Gasteiger partial charge in [-0.1, -0.05) is 24.3 Å². The molecule has 1 heterocycles. The number of aromatic amines is 1. The molecule has 0 aliphatic heterocycles. The molecule has 0 atom stereocenters. The van der Waals surface area contributed by atoms with E-state index < -0.39 is 0 Å². The highest BCUT2D eigenvalue weighted by atomic mass is 16.5. The summed E-state index contributed by atoms with van der Waals surface area (Å²) in [6, 6.07) is 17.2. The maximum absolute atomic E-state index is 12.3. The molecule has 3 aromatic rings. The fraction of sp³-hybridized carbons (Fsp3) is 0.227. The predicted molar refractivity (Wildman–Crippen MR) is 116 cm³/mol. The lowest BCUT2D eigenvalue weighted by Gasteiger charge is -2.20. The molecular weight excluding hydrogens is 366 g/mol. The lowest BCUT2D eigenvalue weighted by molar-refractivity contribution is 0.0950. The van der Waals surface area contributed by atoms with Crippen LogP contribution in [0.5, 0.6) is 5.75 Å². The zero-order chi connectivity index (χ0) is 20.6. The van der Waals surface area contributed by atoms with Crippen LogP contribution in [0.15, 0.2) is 59.7 Å². The van der Waals surface area contributed by atoms with Crippen LogP contribution in [0.2, 0.25) is 0 Å².